The Bertz CT molecular complexity index is 1730. The van der Waals surface area contributed by atoms with Gasteiger partial charge in [-0.25, -0.2) is 14.0 Å². The highest BCUT2D eigenvalue weighted by molar-refractivity contribution is 5.94. The van der Waals surface area contributed by atoms with Crippen LogP contribution in [-0.4, -0.2) is 65.3 Å². The maximum Gasteiger partial charge on any atom is 0.411 e. The average molecular weight is 604 g/mol. The van der Waals surface area contributed by atoms with E-state index in [2.05, 4.69) is 15.4 Å². The summed E-state index contributed by atoms with van der Waals surface area (Å²) in [6.07, 6.45) is 0.0165. The van der Waals surface area contributed by atoms with Gasteiger partial charge in [-0.05, 0) is 42.2 Å². The molecule has 0 saturated carbocycles. The first-order chi connectivity index (χ1) is 21.0. The SMILES string of the molecule is CCc1cc(OCC(=O)N(C)C)c(F)c(C(Cc2ccc(C(=N)N)cc2)c2nn(-c3ccccc3NC(=O)OC)c(=O)[nH]2)c1. The van der Waals surface area contributed by atoms with Gasteiger partial charge in [0.2, 0.25) is 0 Å². The number of likely N-dealkylation sites (N-methyl/N-ethyl adjacent to an activating group) is 1. The molecular weight excluding hydrogens is 569 g/mol. The predicted molar refractivity (Wildman–Crippen MR) is 163 cm³/mol. The number of amidine groups is 1. The molecule has 2 amide bonds. The van der Waals surface area contributed by atoms with Crippen molar-refractivity contribution in [3.8, 4) is 11.4 Å². The van der Waals surface area contributed by atoms with Gasteiger partial charge in [0.05, 0.1) is 24.4 Å². The number of amides is 2. The molecule has 1 atom stereocenters. The minimum Gasteiger partial charge on any atom is -0.481 e. The Balaban J connectivity index is 1.85. The molecule has 0 saturated heterocycles. The van der Waals surface area contributed by atoms with Crippen LogP contribution in [0.25, 0.3) is 5.69 Å². The number of carbonyl (C=O) groups excluding carboxylic acids is 2. The number of halogens is 1. The zero-order chi connectivity index (χ0) is 32.0. The van der Waals surface area contributed by atoms with Gasteiger partial charge in [-0.2, -0.15) is 4.68 Å². The Kier molecular flexibility index (Phi) is 9.78. The molecule has 0 bridgehead atoms. The standard InChI is InChI=1S/C31H34FN7O5/c1-5-18-14-21(27(32)25(16-18)44-17-26(40)38(2)3)22(15-19-10-12-20(13-11-19)28(33)34)29-36-30(41)39(37-29)24-9-7-6-8-23(24)35-31(42)43-4/h6-14,16,22H,5,15,17H2,1-4H3,(H3,33,34)(H,35,42)(H,36,37,41). The molecular formula is C31H34FN7O5. The molecule has 0 radical (unpaired) electrons. The fraction of sp³-hybridized carbons (Fsp3) is 0.258. The number of methoxy groups -OCH3 is 1. The van der Waals surface area contributed by atoms with Gasteiger partial charge in [-0.1, -0.05) is 49.4 Å². The largest absolute Gasteiger partial charge is 0.481 e. The van der Waals surface area contributed by atoms with Gasteiger partial charge < -0.3 is 20.1 Å². The van der Waals surface area contributed by atoms with E-state index in [1.54, 1.807) is 74.8 Å². The first-order valence-corrected chi connectivity index (χ1v) is 13.7. The second kappa shape index (κ2) is 13.7. The fourth-order valence-corrected chi connectivity index (χ4v) is 4.51. The Labute approximate surface area is 253 Å². The maximum absolute atomic E-state index is 16.2. The minimum atomic E-state index is -0.814. The maximum atomic E-state index is 16.2. The number of anilines is 1. The van der Waals surface area contributed by atoms with E-state index in [4.69, 9.17) is 20.6 Å². The minimum absolute atomic E-state index is 0.0915. The Hall–Kier alpha value is -5.46. The number of aryl methyl sites for hydroxylation is 1. The molecule has 1 unspecified atom stereocenters. The Morgan fingerprint density at radius 2 is 1.84 bits per heavy atom. The number of ether oxygens (including phenoxy) is 2. The number of para-hydroxylation sites is 2. The molecule has 230 valence electrons. The molecule has 3 aromatic carbocycles. The van der Waals surface area contributed by atoms with Crippen molar-refractivity contribution in [1.29, 1.82) is 5.41 Å². The summed E-state index contributed by atoms with van der Waals surface area (Å²) in [4.78, 5) is 41.5. The second-order valence-electron chi connectivity index (χ2n) is 10.2. The molecule has 0 aliphatic rings. The van der Waals surface area contributed by atoms with Gasteiger partial charge in [0.15, 0.2) is 18.2 Å². The van der Waals surface area contributed by atoms with E-state index in [0.29, 0.717) is 12.0 Å². The molecule has 12 nitrogen and oxygen atoms in total. The molecule has 44 heavy (non-hydrogen) atoms. The zero-order valence-corrected chi connectivity index (χ0v) is 24.8. The van der Waals surface area contributed by atoms with Crippen molar-refractivity contribution in [2.45, 2.75) is 25.7 Å². The molecule has 4 rings (SSSR count). The lowest BCUT2D eigenvalue weighted by atomic mass is 9.89. The number of nitrogen functional groups attached to an aromatic ring is 1. The molecule has 1 aromatic heterocycles. The average Bonchev–Trinajstić information content (AvgIpc) is 3.40. The number of benzene rings is 3. The number of aromatic amines is 1. The third-order valence-corrected chi connectivity index (χ3v) is 6.99. The monoisotopic (exact) mass is 603 g/mol. The van der Waals surface area contributed by atoms with Gasteiger partial charge in [-0.15, -0.1) is 5.10 Å². The van der Waals surface area contributed by atoms with Crippen molar-refractivity contribution in [2.24, 2.45) is 5.73 Å². The fourth-order valence-electron chi connectivity index (χ4n) is 4.51. The molecule has 0 fully saturated rings. The molecule has 0 aliphatic carbocycles. The van der Waals surface area contributed by atoms with Crippen LogP contribution in [0.5, 0.6) is 5.75 Å². The summed E-state index contributed by atoms with van der Waals surface area (Å²) in [7, 11) is 4.38. The van der Waals surface area contributed by atoms with Crippen LogP contribution in [0.1, 0.15) is 40.9 Å². The van der Waals surface area contributed by atoms with Crippen molar-refractivity contribution in [2.75, 3.05) is 33.1 Å². The number of nitrogens with one attached hydrogen (secondary N) is 3. The summed E-state index contributed by atoms with van der Waals surface area (Å²) in [6.45, 7) is 1.55. The van der Waals surface area contributed by atoms with E-state index >= 15 is 4.39 Å². The number of carbonyl (C=O) groups is 2. The normalized spacial score (nSPS) is 11.5. The predicted octanol–water partition coefficient (Wildman–Crippen LogP) is 3.57. The van der Waals surface area contributed by atoms with E-state index in [9.17, 15) is 14.4 Å². The third kappa shape index (κ3) is 7.12. The quantitative estimate of drug-likeness (QED) is 0.150. The molecule has 0 spiro atoms. The molecule has 1 heterocycles. The summed E-state index contributed by atoms with van der Waals surface area (Å²) in [5, 5.41) is 14.8. The Morgan fingerprint density at radius 1 is 1.14 bits per heavy atom. The van der Waals surface area contributed by atoms with E-state index in [-0.39, 0.29) is 53.3 Å². The van der Waals surface area contributed by atoms with Gasteiger partial charge in [-0.3, -0.25) is 20.5 Å². The van der Waals surface area contributed by atoms with E-state index in [1.807, 2.05) is 6.92 Å². The van der Waals surface area contributed by atoms with E-state index < -0.39 is 23.5 Å². The first-order valence-electron chi connectivity index (χ1n) is 13.7. The number of nitrogens with zero attached hydrogens (tertiary/aromatic N) is 3. The summed E-state index contributed by atoms with van der Waals surface area (Å²) < 4.78 is 27.7. The van der Waals surface area contributed by atoms with E-state index in [0.717, 1.165) is 15.8 Å². The second-order valence-corrected chi connectivity index (χ2v) is 10.2. The van der Waals surface area contributed by atoms with Crippen molar-refractivity contribution in [3.05, 3.63) is 105 Å². The number of nitrogens with two attached hydrogens (primary N) is 1. The van der Waals surface area contributed by atoms with Crippen LogP contribution in [0.3, 0.4) is 0 Å². The summed E-state index contributed by atoms with van der Waals surface area (Å²) in [5.74, 6) is -1.88. The molecule has 13 heteroatoms. The number of hydrogen-bond donors (Lipinski definition) is 4. The van der Waals surface area contributed by atoms with Crippen LogP contribution in [0.15, 0.2) is 65.5 Å². The number of hydrogen-bond acceptors (Lipinski definition) is 7. The zero-order valence-electron chi connectivity index (χ0n) is 24.8. The third-order valence-electron chi connectivity index (χ3n) is 6.99. The highest BCUT2D eigenvalue weighted by atomic mass is 19.1. The summed E-state index contributed by atoms with van der Waals surface area (Å²) in [6, 6.07) is 16.7. The van der Waals surface area contributed by atoms with Crippen LogP contribution in [-0.2, 0) is 22.4 Å². The van der Waals surface area contributed by atoms with Crippen LogP contribution in [0.2, 0.25) is 0 Å². The molecule has 0 aliphatic heterocycles. The van der Waals surface area contributed by atoms with Gasteiger partial charge >= 0.3 is 11.8 Å². The van der Waals surface area contributed by atoms with Gasteiger partial charge in [0, 0.05) is 25.2 Å². The number of aromatic nitrogens is 3. The highest BCUT2D eigenvalue weighted by Crippen LogP contribution is 2.34. The van der Waals surface area contributed by atoms with Crippen LogP contribution in [0.4, 0.5) is 14.9 Å². The van der Waals surface area contributed by atoms with Crippen LogP contribution in [0, 0.1) is 11.2 Å². The topological polar surface area (TPSA) is 168 Å². The van der Waals surface area contributed by atoms with Crippen molar-refractivity contribution in [3.63, 3.8) is 0 Å². The number of rotatable bonds is 11. The molecule has 4 aromatic rings. The van der Waals surface area contributed by atoms with Crippen molar-refractivity contribution >= 4 is 23.5 Å². The first kappa shape index (κ1) is 31.5. The molecule has 5 N–H and O–H groups in total. The van der Waals surface area contributed by atoms with Crippen molar-refractivity contribution in [1.82, 2.24) is 19.7 Å². The van der Waals surface area contributed by atoms with Gasteiger partial charge in [0.25, 0.3) is 5.91 Å². The smallest absolute Gasteiger partial charge is 0.411 e. The van der Waals surface area contributed by atoms with Crippen molar-refractivity contribution < 1.29 is 23.5 Å². The van der Waals surface area contributed by atoms with Crippen LogP contribution < -0.4 is 21.5 Å². The highest BCUT2D eigenvalue weighted by Gasteiger charge is 2.27. The Morgan fingerprint density at radius 3 is 2.48 bits per heavy atom. The van der Waals surface area contributed by atoms with E-state index in [1.165, 1.54) is 12.0 Å². The van der Waals surface area contributed by atoms with Gasteiger partial charge in [0.1, 0.15) is 11.7 Å². The lowest BCUT2D eigenvalue weighted by Crippen LogP contribution is -2.27. The summed E-state index contributed by atoms with van der Waals surface area (Å²) in [5.41, 5.74) is 7.78. The van der Waals surface area contributed by atoms with Crippen LogP contribution >= 0.6 is 0 Å². The summed E-state index contributed by atoms with van der Waals surface area (Å²) >= 11 is 0. The lowest BCUT2D eigenvalue weighted by molar-refractivity contribution is -0.130. The lowest BCUT2D eigenvalue weighted by Gasteiger charge is -2.20. The number of H-pyrrole nitrogens is 1.